The van der Waals surface area contributed by atoms with E-state index in [9.17, 15) is 18.0 Å². The molecule has 0 bridgehead atoms. The summed E-state index contributed by atoms with van der Waals surface area (Å²) in [5, 5.41) is 5.59. The molecule has 2 aromatic carbocycles. The molecule has 1 aliphatic rings. The van der Waals surface area contributed by atoms with Crippen LogP contribution < -0.4 is 10.6 Å². The van der Waals surface area contributed by atoms with E-state index in [1.165, 1.54) is 25.3 Å². The first-order valence-electron chi connectivity index (χ1n) is 9.97. The molecular weight excluding hydrogens is 379 g/mol. The van der Waals surface area contributed by atoms with Crippen LogP contribution in [0.5, 0.6) is 0 Å². The molecule has 0 atom stereocenters. The molecule has 0 saturated carbocycles. The lowest BCUT2D eigenvalue weighted by molar-refractivity contribution is -0.137. The van der Waals surface area contributed by atoms with E-state index >= 15 is 0 Å². The van der Waals surface area contributed by atoms with Gasteiger partial charge < -0.3 is 15.5 Å². The summed E-state index contributed by atoms with van der Waals surface area (Å²) in [7, 11) is 0. The third-order valence-electron chi connectivity index (χ3n) is 5.05. The number of hydrogen-bond donors (Lipinski definition) is 2. The van der Waals surface area contributed by atoms with Gasteiger partial charge in [-0.25, -0.2) is 4.79 Å². The van der Waals surface area contributed by atoms with Crippen LogP contribution in [0.3, 0.4) is 0 Å². The summed E-state index contributed by atoms with van der Waals surface area (Å²) in [4.78, 5) is 14.4. The average Bonchev–Trinajstić information content (AvgIpc) is 2.72. The van der Waals surface area contributed by atoms with Crippen LogP contribution in [0.2, 0.25) is 0 Å². The predicted molar refractivity (Wildman–Crippen MR) is 109 cm³/mol. The molecular formula is C22H26F3N3O. The number of nitrogens with zero attached hydrogens (tertiary/aromatic N) is 1. The highest BCUT2D eigenvalue weighted by atomic mass is 19.4. The second kappa shape index (κ2) is 9.78. The number of benzene rings is 2. The Labute approximate surface area is 169 Å². The van der Waals surface area contributed by atoms with Crippen molar-refractivity contribution in [3.8, 4) is 11.1 Å². The van der Waals surface area contributed by atoms with E-state index in [2.05, 4.69) is 15.5 Å². The molecule has 29 heavy (non-hydrogen) atoms. The highest BCUT2D eigenvalue weighted by Crippen LogP contribution is 2.32. The number of halogens is 3. The van der Waals surface area contributed by atoms with Crippen molar-refractivity contribution in [1.82, 2.24) is 10.2 Å². The second-order valence-electron chi connectivity index (χ2n) is 7.29. The van der Waals surface area contributed by atoms with Crippen LogP contribution in [-0.4, -0.2) is 37.1 Å². The summed E-state index contributed by atoms with van der Waals surface area (Å²) < 4.78 is 38.6. The zero-order valence-corrected chi connectivity index (χ0v) is 16.3. The minimum Gasteiger partial charge on any atom is -0.338 e. The Balaban J connectivity index is 1.47. The molecule has 0 unspecified atom stereocenters. The molecule has 0 aliphatic carbocycles. The third kappa shape index (κ3) is 6.49. The van der Waals surface area contributed by atoms with Crippen molar-refractivity contribution in [3.05, 3.63) is 54.1 Å². The number of hydrogen-bond acceptors (Lipinski definition) is 2. The van der Waals surface area contributed by atoms with E-state index in [-0.39, 0.29) is 6.03 Å². The van der Waals surface area contributed by atoms with Crippen molar-refractivity contribution >= 4 is 11.7 Å². The fraction of sp³-hybridized carbons (Fsp3) is 0.409. The number of carbonyl (C=O) groups is 1. The van der Waals surface area contributed by atoms with Crippen molar-refractivity contribution in [1.29, 1.82) is 0 Å². The molecule has 0 radical (unpaired) electrons. The van der Waals surface area contributed by atoms with Gasteiger partial charge in [0.05, 0.1) is 5.56 Å². The third-order valence-corrected chi connectivity index (χ3v) is 5.05. The predicted octanol–water partition coefficient (Wildman–Crippen LogP) is 5.37. The Morgan fingerprint density at radius 2 is 1.69 bits per heavy atom. The van der Waals surface area contributed by atoms with Gasteiger partial charge in [0, 0.05) is 12.2 Å². The highest BCUT2D eigenvalue weighted by molar-refractivity contribution is 5.89. The van der Waals surface area contributed by atoms with E-state index in [0.29, 0.717) is 23.4 Å². The zero-order chi connectivity index (χ0) is 20.7. The zero-order valence-electron chi connectivity index (χ0n) is 16.3. The van der Waals surface area contributed by atoms with Gasteiger partial charge in [-0.15, -0.1) is 0 Å². The summed E-state index contributed by atoms with van der Waals surface area (Å²) in [5.41, 5.74) is 1.05. The molecule has 1 aliphatic heterocycles. The Bertz CT molecular complexity index is 800. The van der Waals surface area contributed by atoms with Crippen molar-refractivity contribution < 1.29 is 18.0 Å². The largest absolute Gasteiger partial charge is 0.416 e. The molecule has 1 heterocycles. The topological polar surface area (TPSA) is 44.4 Å². The molecule has 2 N–H and O–H groups in total. The van der Waals surface area contributed by atoms with Gasteiger partial charge in [-0.2, -0.15) is 13.2 Å². The molecule has 0 aromatic heterocycles. The Hall–Kier alpha value is -2.54. The van der Waals surface area contributed by atoms with Crippen molar-refractivity contribution in [3.63, 3.8) is 0 Å². The maximum absolute atomic E-state index is 12.9. The fourth-order valence-electron chi connectivity index (χ4n) is 3.48. The van der Waals surface area contributed by atoms with Crippen LogP contribution in [0.1, 0.15) is 31.2 Å². The quantitative estimate of drug-likeness (QED) is 0.635. The molecule has 2 aromatic rings. The normalized spacial score (nSPS) is 15.1. The van der Waals surface area contributed by atoms with E-state index < -0.39 is 11.7 Å². The molecule has 1 fully saturated rings. The minimum absolute atomic E-state index is 0.282. The van der Waals surface area contributed by atoms with Crippen LogP contribution in [-0.2, 0) is 6.18 Å². The van der Waals surface area contributed by atoms with Crippen LogP contribution >= 0.6 is 0 Å². The van der Waals surface area contributed by atoms with Crippen molar-refractivity contribution in [2.45, 2.75) is 31.9 Å². The van der Waals surface area contributed by atoms with Crippen molar-refractivity contribution in [2.24, 2.45) is 0 Å². The first-order valence-corrected chi connectivity index (χ1v) is 9.97. The molecule has 4 nitrogen and oxygen atoms in total. The van der Waals surface area contributed by atoms with Crippen LogP contribution in [0.15, 0.2) is 48.5 Å². The van der Waals surface area contributed by atoms with Crippen LogP contribution in [0.4, 0.5) is 23.7 Å². The van der Waals surface area contributed by atoms with Gasteiger partial charge in [0.25, 0.3) is 0 Å². The fourth-order valence-corrected chi connectivity index (χ4v) is 3.48. The maximum Gasteiger partial charge on any atom is 0.416 e. The van der Waals surface area contributed by atoms with Gasteiger partial charge in [-0.1, -0.05) is 30.7 Å². The summed E-state index contributed by atoms with van der Waals surface area (Å²) in [5.74, 6) is 0. The standard InChI is InChI=1S/C22H26F3N3O/c23-22(24,25)19-7-4-6-18(16-19)17-8-10-20(11-9-17)27-21(29)26-12-5-15-28-13-2-1-3-14-28/h4,6-11,16H,1-3,5,12-15H2,(H2,26,27,29). The minimum atomic E-state index is -4.37. The number of urea groups is 1. The summed E-state index contributed by atoms with van der Waals surface area (Å²) in [6, 6.07) is 11.7. The Morgan fingerprint density at radius 3 is 2.38 bits per heavy atom. The first-order chi connectivity index (χ1) is 13.9. The van der Waals surface area contributed by atoms with E-state index in [1.807, 2.05) is 0 Å². The number of carbonyl (C=O) groups excluding carboxylic acids is 1. The van der Waals surface area contributed by atoms with Gasteiger partial charge in [0.2, 0.25) is 0 Å². The summed E-state index contributed by atoms with van der Waals surface area (Å²) in [6.45, 7) is 3.88. The first kappa shape index (κ1) is 21.2. The highest BCUT2D eigenvalue weighted by Gasteiger charge is 2.30. The van der Waals surface area contributed by atoms with Crippen LogP contribution in [0, 0.1) is 0 Å². The monoisotopic (exact) mass is 405 g/mol. The molecule has 7 heteroatoms. The van der Waals surface area contributed by atoms with Gasteiger partial charge in [-0.3, -0.25) is 0 Å². The maximum atomic E-state index is 12.9. The SMILES string of the molecule is O=C(NCCCN1CCCCC1)Nc1ccc(-c2cccc(C(F)(F)F)c2)cc1. The average molecular weight is 405 g/mol. The Morgan fingerprint density at radius 1 is 0.966 bits per heavy atom. The second-order valence-corrected chi connectivity index (χ2v) is 7.29. The molecule has 1 saturated heterocycles. The van der Waals surface area contributed by atoms with Gasteiger partial charge in [-0.05, 0) is 74.3 Å². The van der Waals surface area contributed by atoms with Gasteiger partial charge >= 0.3 is 12.2 Å². The lowest BCUT2D eigenvalue weighted by atomic mass is 10.0. The smallest absolute Gasteiger partial charge is 0.338 e. The molecule has 156 valence electrons. The molecule has 3 rings (SSSR count). The number of alkyl halides is 3. The van der Waals surface area contributed by atoms with Gasteiger partial charge in [0.15, 0.2) is 0 Å². The number of nitrogens with one attached hydrogen (secondary N) is 2. The van der Waals surface area contributed by atoms with E-state index in [0.717, 1.165) is 38.2 Å². The molecule has 2 amide bonds. The van der Waals surface area contributed by atoms with Gasteiger partial charge in [0.1, 0.15) is 0 Å². The van der Waals surface area contributed by atoms with E-state index in [4.69, 9.17) is 0 Å². The lowest BCUT2D eigenvalue weighted by Gasteiger charge is -2.26. The number of anilines is 1. The Kier molecular flexibility index (Phi) is 7.14. The van der Waals surface area contributed by atoms with E-state index in [1.54, 1.807) is 30.3 Å². The lowest BCUT2D eigenvalue weighted by Crippen LogP contribution is -2.34. The number of amides is 2. The summed E-state index contributed by atoms with van der Waals surface area (Å²) >= 11 is 0. The molecule has 0 spiro atoms. The van der Waals surface area contributed by atoms with Crippen LogP contribution in [0.25, 0.3) is 11.1 Å². The number of likely N-dealkylation sites (tertiary alicyclic amines) is 1. The van der Waals surface area contributed by atoms with Crippen molar-refractivity contribution in [2.75, 3.05) is 31.5 Å². The number of rotatable bonds is 6. The summed E-state index contributed by atoms with van der Waals surface area (Å²) in [6.07, 6.45) is 0.351. The number of piperidine rings is 1.